The number of nitrogens with zero attached hydrogens (tertiary/aromatic N) is 2. The number of amides is 1. The third kappa shape index (κ3) is 2.93. The molecule has 0 radical (unpaired) electrons. The number of hydrogen-bond donors (Lipinski definition) is 1. The number of hydrogen-bond acceptors (Lipinski definition) is 7. The Kier molecular flexibility index (Phi) is 4.14. The fraction of sp³-hybridized carbons (Fsp3) is 0.111. The smallest absolute Gasteiger partial charge is 0.337 e. The van der Waals surface area contributed by atoms with Gasteiger partial charge in [-0.2, -0.15) is 0 Å². The van der Waals surface area contributed by atoms with Crippen LogP contribution in [0.2, 0.25) is 0 Å². The number of esters is 1. The predicted octanol–water partition coefficient (Wildman–Crippen LogP) is 4.25. The minimum absolute atomic E-state index is 0.286. The lowest BCUT2D eigenvalue weighted by molar-refractivity contribution is 0.0600. The van der Waals surface area contributed by atoms with Crippen LogP contribution in [-0.2, 0) is 4.74 Å². The van der Waals surface area contributed by atoms with E-state index in [-0.39, 0.29) is 5.91 Å². The quantitative estimate of drug-likeness (QED) is 0.535. The molecule has 0 aliphatic heterocycles. The van der Waals surface area contributed by atoms with E-state index in [4.69, 9.17) is 0 Å². The van der Waals surface area contributed by atoms with E-state index in [1.807, 2.05) is 19.1 Å². The first kappa shape index (κ1) is 16.6. The number of anilines is 1. The molecule has 0 saturated heterocycles. The van der Waals surface area contributed by atoms with Gasteiger partial charge < -0.3 is 4.74 Å². The Morgan fingerprint density at radius 3 is 2.46 bits per heavy atom. The van der Waals surface area contributed by atoms with Crippen molar-refractivity contribution in [2.45, 2.75) is 6.92 Å². The number of methoxy groups -OCH3 is 1. The molecule has 1 amide bonds. The van der Waals surface area contributed by atoms with E-state index in [2.05, 4.69) is 20.0 Å². The lowest BCUT2D eigenvalue weighted by Gasteiger charge is -2.03. The van der Waals surface area contributed by atoms with E-state index in [1.165, 1.54) is 18.4 Å². The van der Waals surface area contributed by atoms with Gasteiger partial charge in [-0.25, -0.2) is 14.8 Å². The molecule has 2 aromatic carbocycles. The first-order chi connectivity index (χ1) is 12.5. The third-order valence-corrected chi connectivity index (χ3v) is 5.74. The molecule has 0 unspecified atom stereocenters. The van der Waals surface area contributed by atoms with Gasteiger partial charge in [-0.05, 0) is 43.3 Å². The first-order valence-corrected chi connectivity index (χ1v) is 9.35. The second-order valence-corrected chi connectivity index (χ2v) is 7.77. The maximum Gasteiger partial charge on any atom is 0.337 e. The molecule has 130 valence electrons. The number of nitrogens with one attached hydrogen (secondary N) is 1. The van der Waals surface area contributed by atoms with Crippen molar-refractivity contribution >= 4 is 60.1 Å². The number of carbonyl (C=O) groups excluding carboxylic acids is 2. The Bertz CT molecular complexity index is 1150. The number of benzene rings is 2. The molecule has 0 saturated carbocycles. The summed E-state index contributed by atoms with van der Waals surface area (Å²) in [5.74, 6) is -0.725. The third-order valence-electron chi connectivity index (χ3n) is 3.81. The summed E-state index contributed by atoms with van der Waals surface area (Å²) in [5.41, 5.74) is 2.56. The summed E-state index contributed by atoms with van der Waals surface area (Å²) >= 11 is 3.04. The number of ether oxygens (including phenoxy) is 1. The molecule has 2 aromatic heterocycles. The highest BCUT2D eigenvalue weighted by molar-refractivity contribution is 7.24. The van der Waals surface area contributed by atoms with Crippen LogP contribution in [0.4, 0.5) is 5.13 Å². The molecule has 0 atom stereocenters. The van der Waals surface area contributed by atoms with Gasteiger partial charge in [0.25, 0.3) is 5.91 Å². The zero-order valence-electron chi connectivity index (χ0n) is 13.9. The standard InChI is InChI=1S/C18H13N3O3S2/c1-9-19-14-13(25-9)8-7-12-15(14)26-18(20-12)21-16(22)10-3-5-11(6-4-10)17(23)24-2/h3-8H,1-2H3,(H,20,21,22). The molecule has 4 aromatic rings. The van der Waals surface area contributed by atoms with E-state index in [1.54, 1.807) is 35.6 Å². The lowest BCUT2D eigenvalue weighted by atomic mass is 10.1. The minimum Gasteiger partial charge on any atom is -0.465 e. The SMILES string of the molecule is COC(=O)c1ccc(C(=O)Nc2nc3ccc4sc(C)nc4c3s2)cc1. The van der Waals surface area contributed by atoms with Crippen LogP contribution in [0.5, 0.6) is 0 Å². The lowest BCUT2D eigenvalue weighted by Crippen LogP contribution is -2.12. The number of aryl methyl sites for hydroxylation is 1. The maximum absolute atomic E-state index is 12.4. The van der Waals surface area contributed by atoms with E-state index in [0.717, 1.165) is 25.4 Å². The Balaban J connectivity index is 1.61. The highest BCUT2D eigenvalue weighted by atomic mass is 32.1. The molecule has 0 bridgehead atoms. The van der Waals surface area contributed by atoms with Gasteiger partial charge in [-0.15, -0.1) is 11.3 Å². The van der Waals surface area contributed by atoms with Crippen LogP contribution in [0, 0.1) is 6.92 Å². The van der Waals surface area contributed by atoms with Crippen LogP contribution < -0.4 is 5.32 Å². The molecule has 8 heteroatoms. The highest BCUT2D eigenvalue weighted by Gasteiger charge is 2.14. The molecule has 6 nitrogen and oxygen atoms in total. The Labute approximate surface area is 156 Å². The molecule has 1 N–H and O–H groups in total. The summed E-state index contributed by atoms with van der Waals surface area (Å²) in [6.07, 6.45) is 0. The van der Waals surface area contributed by atoms with E-state index in [0.29, 0.717) is 16.3 Å². The summed E-state index contributed by atoms with van der Waals surface area (Å²) in [5, 5.41) is 4.32. The zero-order valence-corrected chi connectivity index (χ0v) is 15.5. The van der Waals surface area contributed by atoms with Crippen LogP contribution >= 0.6 is 22.7 Å². The van der Waals surface area contributed by atoms with Gasteiger partial charge in [-0.1, -0.05) is 11.3 Å². The number of aromatic nitrogens is 2. The molecule has 4 rings (SSSR count). The van der Waals surface area contributed by atoms with Gasteiger partial charge in [0, 0.05) is 5.56 Å². The van der Waals surface area contributed by atoms with Crippen LogP contribution in [0.15, 0.2) is 36.4 Å². The molecule has 26 heavy (non-hydrogen) atoms. The summed E-state index contributed by atoms with van der Waals surface area (Å²) in [7, 11) is 1.32. The number of thiazole rings is 2. The molecule has 2 heterocycles. The second kappa shape index (κ2) is 6.47. The highest BCUT2D eigenvalue weighted by Crippen LogP contribution is 2.34. The normalized spacial score (nSPS) is 11.0. The van der Waals surface area contributed by atoms with E-state index >= 15 is 0 Å². The molecule has 0 spiro atoms. The van der Waals surface area contributed by atoms with Crippen LogP contribution in [-0.4, -0.2) is 29.0 Å². The van der Waals surface area contributed by atoms with Gasteiger partial charge in [0.05, 0.1) is 32.6 Å². The zero-order chi connectivity index (χ0) is 18.3. The van der Waals surface area contributed by atoms with Gasteiger partial charge in [0.15, 0.2) is 5.13 Å². The molecule has 0 fully saturated rings. The molecular formula is C18H13N3O3S2. The summed E-state index contributed by atoms with van der Waals surface area (Å²) in [6, 6.07) is 10.2. The topological polar surface area (TPSA) is 81.2 Å². The fourth-order valence-corrected chi connectivity index (χ4v) is 4.44. The van der Waals surface area contributed by atoms with Crippen molar-refractivity contribution in [3.8, 4) is 0 Å². The Hall–Kier alpha value is -2.84. The molecule has 0 aliphatic carbocycles. The first-order valence-electron chi connectivity index (χ1n) is 7.71. The number of rotatable bonds is 3. The van der Waals surface area contributed by atoms with Crippen molar-refractivity contribution in [3.05, 3.63) is 52.5 Å². The molecule has 0 aliphatic rings. The maximum atomic E-state index is 12.4. The van der Waals surface area contributed by atoms with Crippen LogP contribution in [0.3, 0.4) is 0 Å². The van der Waals surface area contributed by atoms with Crippen molar-refractivity contribution in [1.82, 2.24) is 9.97 Å². The molecular weight excluding hydrogens is 370 g/mol. The average molecular weight is 383 g/mol. The average Bonchev–Trinajstić information content (AvgIpc) is 3.22. The Morgan fingerprint density at radius 2 is 1.73 bits per heavy atom. The fourth-order valence-electron chi connectivity index (χ4n) is 2.59. The van der Waals surface area contributed by atoms with Crippen molar-refractivity contribution in [2.24, 2.45) is 0 Å². The minimum atomic E-state index is -0.439. The monoisotopic (exact) mass is 383 g/mol. The van der Waals surface area contributed by atoms with Gasteiger partial charge in [-0.3, -0.25) is 10.1 Å². The van der Waals surface area contributed by atoms with Crippen molar-refractivity contribution in [1.29, 1.82) is 0 Å². The van der Waals surface area contributed by atoms with E-state index < -0.39 is 5.97 Å². The van der Waals surface area contributed by atoms with Crippen molar-refractivity contribution < 1.29 is 14.3 Å². The van der Waals surface area contributed by atoms with Crippen molar-refractivity contribution in [2.75, 3.05) is 12.4 Å². The van der Waals surface area contributed by atoms with Crippen molar-refractivity contribution in [3.63, 3.8) is 0 Å². The summed E-state index contributed by atoms with van der Waals surface area (Å²) in [4.78, 5) is 32.9. The largest absolute Gasteiger partial charge is 0.465 e. The predicted molar refractivity (Wildman–Crippen MR) is 103 cm³/mol. The van der Waals surface area contributed by atoms with Gasteiger partial charge >= 0.3 is 5.97 Å². The van der Waals surface area contributed by atoms with Crippen LogP contribution in [0.1, 0.15) is 25.7 Å². The second-order valence-electron chi connectivity index (χ2n) is 5.54. The number of carbonyl (C=O) groups is 2. The summed E-state index contributed by atoms with van der Waals surface area (Å²) < 4.78 is 6.72. The summed E-state index contributed by atoms with van der Waals surface area (Å²) in [6.45, 7) is 1.97. The number of fused-ring (bicyclic) bond motifs is 3. The Morgan fingerprint density at radius 1 is 1.00 bits per heavy atom. The van der Waals surface area contributed by atoms with E-state index in [9.17, 15) is 9.59 Å². The van der Waals surface area contributed by atoms with Gasteiger partial charge in [0.2, 0.25) is 0 Å². The van der Waals surface area contributed by atoms with Gasteiger partial charge in [0.1, 0.15) is 5.52 Å². The van der Waals surface area contributed by atoms with Crippen LogP contribution in [0.25, 0.3) is 20.4 Å².